The number of Topliss-reactive ketones (excluding diaryl/α,β-unsaturated/α-hetero) is 7. The van der Waals surface area contributed by atoms with Crippen molar-refractivity contribution in [2.45, 2.75) is 432 Å². The van der Waals surface area contributed by atoms with E-state index in [-0.39, 0.29) is 107 Å². The minimum atomic E-state index is -0.300. The minimum absolute atomic E-state index is 0.0263. The number of hydrogen-bond donors (Lipinski definition) is 6. The molecule has 3 aromatic carbocycles. The molecular weight excluding hydrogens is 1860 g/mol. The summed E-state index contributed by atoms with van der Waals surface area (Å²) in [5.41, 5.74) is 4.55. The highest BCUT2D eigenvalue weighted by molar-refractivity contribution is 5.99. The van der Waals surface area contributed by atoms with Crippen LogP contribution in [0.1, 0.15) is 342 Å². The number of halogens is 2. The van der Waals surface area contributed by atoms with Crippen LogP contribution in [-0.2, 0) is 68.7 Å². The van der Waals surface area contributed by atoms with Crippen molar-refractivity contribution in [2.75, 3.05) is 65.8 Å². The number of furan rings is 1. The van der Waals surface area contributed by atoms with Gasteiger partial charge in [0.05, 0.1) is 12.7 Å². The lowest BCUT2D eigenvalue weighted by atomic mass is 9.88. The SMILES string of the molecule is CC(C)C(=O)COCCCOC1CN(C(C)C)C1.CC(C)NC1CC(Oc2cc(F)cc(CCC(=O)C(C)C)c2)C1.CC(C)NC1CC(Oc2cc(F)cc(CCC(=O)C(C)C)c2)C1.CC(C)NC1CC(Oc2ccc(CCC(=O)C(C)C)cn2)C1.CC(C)NC1CC(Oc2ccc(CCC(=O)C(C)C)cn2)C1.CC(C)NCCCOCCCCC(=O)C(C)C.CC(C)NCCCOc1ccc2oc(C(=O)C(C)C)cc2c1. The smallest absolute Gasteiger partial charge is 0.213 e. The van der Waals surface area contributed by atoms with Crippen LogP contribution in [-0.4, -0.2) is 218 Å². The predicted molar refractivity (Wildman–Crippen MR) is 589 cm³/mol. The van der Waals surface area contributed by atoms with E-state index >= 15 is 0 Å². The number of carbonyl (C=O) groups excluding carboxylic acids is 7. The van der Waals surface area contributed by atoms with Crippen LogP contribution in [0.5, 0.6) is 29.0 Å². The van der Waals surface area contributed by atoms with Crippen LogP contribution in [0.25, 0.3) is 11.0 Å². The second-order valence-corrected chi connectivity index (χ2v) is 44.9. The van der Waals surface area contributed by atoms with E-state index < -0.39 is 0 Å². The Morgan fingerprint density at radius 3 is 1.10 bits per heavy atom. The summed E-state index contributed by atoms with van der Waals surface area (Å²) in [6.45, 7) is 64.8. The molecule has 0 spiro atoms. The van der Waals surface area contributed by atoms with Gasteiger partial charge >= 0.3 is 0 Å². The molecule has 1 saturated heterocycles. The van der Waals surface area contributed by atoms with E-state index in [0.29, 0.717) is 177 Å². The zero-order chi connectivity index (χ0) is 109. The number of unbranched alkanes of at least 4 members (excludes halogenated alkanes) is 1. The van der Waals surface area contributed by atoms with Gasteiger partial charge in [-0.15, -0.1) is 0 Å². The third kappa shape index (κ3) is 55.5. The Hall–Kier alpha value is -8.35. The fourth-order valence-corrected chi connectivity index (χ4v) is 16.3. The number of nitrogens with one attached hydrogen (secondary N) is 6. The lowest BCUT2D eigenvalue weighted by molar-refractivity contribution is -0.127. The Balaban J connectivity index is 0.000000302. The van der Waals surface area contributed by atoms with Crippen LogP contribution in [0, 0.1) is 53.1 Å². The molecule has 147 heavy (non-hydrogen) atoms. The lowest BCUT2D eigenvalue weighted by Crippen LogP contribution is -2.55. The molecule has 1 aliphatic heterocycles. The van der Waals surface area contributed by atoms with Crippen molar-refractivity contribution in [3.05, 3.63) is 137 Å². The Kier molecular flexibility index (Phi) is 61.5. The average molecular weight is 2060 g/mol. The molecule has 0 unspecified atom stereocenters. The Morgan fingerprint density at radius 2 is 0.728 bits per heavy atom. The maximum atomic E-state index is 13.8. The molecule has 5 fully saturated rings. The molecule has 3 aromatic heterocycles. The highest BCUT2D eigenvalue weighted by atomic mass is 19.1. The first-order chi connectivity index (χ1) is 69.5. The fourth-order valence-electron chi connectivity index (χ4n) is 16.3. The molecule has 6 aromatic rings. The van der Waals surface area contributed by atoms with Crippen LogP contribution in [0.2, 0.25) is 0 Å². The average Bonchev–Trinajstić information content (AvgIpc) is 1.63. The van der Waals surface area contributed by atoms with Crippen molar-refractivity contribution in [3.8, 4) is 29.0 Å². The number of aromatic nitrogens is 2. The van der Waals surface area contributed by atoms with E-state index in [1.807, 2.05) is 164 Å². The van der Waals surface area contributed by atoms with Gasteiger partial charge in [-0.3, -0.25) is 38.5 Å². The topological polar surface area (TPSA) is 308 Å². The number of ketones is 7. The van der Waals surface area contributed by atoms with Gasteiger partial charge in [0, 0.05) is 222 Å². The van der Waals surface area contributed by atoms with Gasteiger partial charge in [0.25, 0.3) is 0 Å². The number of nitrogens with zero attached hydrogens (tertiary/aromatic N) is 3. The van der Waals surface area contributed by atoms with Crippen molar-refractivity contribution in [2.24, 2.45) is 41.4 Å². The summed E-state index contributed by atoms with van der Waals surface area (Å²) in [6.07, 6.45) is 23.2. The first kappa shape index (κ1) is 129. The van der Waals surface area contributed by atoms with E-state index in [4.69, 9.17) is 42.3 Å². The molecule has 4 saturated carbocycles. The van der Waals surface area contributed by atoms with Crippen LogP contribution in [0.15, 0.2) is 102 Å². The van der Waals surface area contributed by atoms with Crippen LogP contribution in [0.4, 0.5) is 8.78 Å². The second kappa shape index (κ2) is 70.0. The van der Waals surface area contributed by atoms with Crippen molar-refractivity contribution < 1.29 is 84.7 Å². The molecule has 0 radical (unpaired) electrons. The molecule has 11 rings (SSSR count). The highest BCUT2D eigenvalue weighted by Gasteiger charge is 2.36. The predicted octanol–water partition coefficient (Wildman–Crippen LogP) is 22.6. The van der Waals surface area contributed by atoms with E-state index in [1.165, 1.54) is 24.3 Å². The van der Waals surface area contributed by atoms with Gasteiger partial charge in [-0.25, -0.2) is 18.7 Å². The van der Waals surface area contributed by atoms with Gasteiger partial charge in [0.1, 0.15) is 94.4 Å². The highest BCUT2D eigenvalue weighted by Crippen LogP contribution is 2.33. The number of benzene rings is 3. The third-order valence-corrected chi connectivity index (χ3v) is 25.8. The van der Waals surface area contributed by atoms with Gasteiger partial charge in [-0.2, -0.15) is 0 Å². The van der Waals surface area contributed by atoms with Crippen LogP contribution in [0.3, 0.4) is 0 Å². The molecule has 6 N–H and O–H groups in total. The number of likely N-dealkylation sites (tertiary alicyclic amines) is 1. The first-order valence-corrected chi connectivity index (χ1v) is 55.6. The van der Waals surface area contributed by atoms with Gasteiger partial charge in [0.2, 0.25) is 17.5 Å². The quantitative estimate of drug-likeness (QED) is 0.0153. The summed E-state index contributed by atoms with van der Waals surface area (Å²) in [5.74, 6) is 5.19. The summed E-state index contributed by atoms with van der Waals surface area (Å²) in [5, 5.41) is 21.6. The van der Waals surface area contributed by atoms with Crippen LogP contribution >= 0.6 is 0 Å². The number of carbonyl (C=O) groups is 7. The summed E-state index contributed by atoms with van der Waals surface area (Å²) in [6, 6.07) is 30.7. The summed E-state index contributed by atoms with van der Waals surface area (Å²) >= 11 is 0. The monoisotopic (exact) mass is 2050 g/mol. The van der Waals surface area contributed by atoms with E-state index in [9.17, 15) is 42.3 Å². The van der Waals surface area contributed by atoms with Gasteiger partial charge in [-0.05, 0) is 207 Å². The Morgan fingerprint density at radius 1 is 0.354 bits per heavy atom. The maximum Gasteiger partial charge on any atom is 0.213 e. The summed E-state index contributed by atoms with van der Waals surface area (Å²) in [4.78, 5) is 92.4. The van der Waals surface area contributed by atoms with Crippen molar-refractivity contribution in [1.82, 2.24) is 46.8 Å². The zero-order valence-corrected chi connectivity index (χ0v) is 95.3. The van der Waals surface area contributed by atoms with Gasteiger partial charge in [-0.1, -0.05) is 192 Å². The number of fused-ring (bicyclic) bond motifs is 1. The number of pyridine rings is 2. The van der Waals surface area contributed by atoms with E-state index in [1.54, 1.807) is 6.07 Å². The molecule has 0 bridgehead atoms. The molecule has 0 atom stereocenters. The minimum Gasteiger partial charge on any atom is -0.494 e. The van der Waals surface area contributed by atoms with E-state index in [2.05, 4.69) is 144 Å². The number of rotatable bonds is 60. The summed E-state index contributed by atoms with van der Waals surface area (Å²) in [7, 11) is 0. The number of aryl methyl sites for hydroxylation is 4. The standard InChI is InChI=1S/2C19H28FNO2.2C18H28N2O2.C18H25NO3.C14H27NO3.C14H29NO2/c2*1-12(2)19(22)6-5-14-7-15(20)9-17(8-14)23-18-10-16(11-18)21-13(3)4;2*1-12(2)17(21)7-5-14-6-8-18(19-11-14)22-16-9-15(10-16)20-13(3)4;1-12(2)18(20)17-11-14-10-15(6-7-16(14)22-17)21-9-5-8-19-13(3)4;1-11(2)14(16)10-17-6-5-7-18-13-8-15(9-13)12(3)4;1-12(2)14(16)8-5-6-10-17-11-7-9-15-13(3)4/h2*7-9,12-13,16,18,21H,5-6,10-11H2,1-4H3;2*6,8,11-13,15-16,20H,5,7,9-10H2,1-4H3;6-7,10-13,19H,5,8-9H2,1-4H3;11-13H,5-10H2,1-4H3;12-13,15H,5-11H2,1-4H3. The fraction of sp³-hybridized carbons (Fsp3) is 0.692. The molecule has 27 heteroatoms. The van der Waals surface area contributed by atoms with Gasteiger partial charge in [0.15, 0.2) is 11.5 Å². The maximum absolute atomic E-state index is 13.8. The van der Waals surface area contributed by atoms with E-state index in [0.717, 1.165) is 181 Å². The zero-order valence-electron chi connectivity index (χ0n) is 95.3. The molecule has 4 heterocycles. The summed E-state index contributed by atoms with van der Waals surface area (Å²) < 4.78 is 78.8. The molecule has 25 nitrogen and oxygen atoms in total. The molecule has 828 valence electrons. The molecule has 5 aliphatic rings. The third-order valence-electron chi connectivity index (χ3n) is 25.8. The largest absolute Gasteiger partial charge is 0.494 e. The van der Waals surface area contributed by atoms with Crippen molar-refractivity contribution in [1.29, 1.82) is 0 Å². The number of ether oxygens (including phenoxy) is 8. The van der Waals surface area contributed by atoms with Crippen molar-refractivity contribution in [3.63, 3.8) is 0 Å². The Bertz CT molecular complexity index is 4510. The molecule has 0 amide bonds. The van der Waals surface area contributed by atoms with Crippen molar-refractivity contribution >= 4 is 51.5 Å². The number of hydrogen-bond acceptors (Lipinski definition) is 25. The Labute approximate surface area is 883 Å². The normalized spacial score (nSPS) is 17.9. The first-order valence-electron chi connectivity index (χ1n) is 55.6. The van der Waals surface area contributed by atoms with Crippen LogP contribution < -0.4 is 55.6 Å². The molecular formula is C120H193F2N9O16. The molecule has 4 aliphatic carbocycles. The second-order valence-electron chi connectivity index (χ2n) is 44.9. The van der Waals surface area contributed by atoms with Gasteiger partial charge < -0.3 is 74.2 Å². The lowest BCUT2D eigenvalue weighted by Gasteiger charge is -2.41.